The third-order valence-corrected chi connectivity index (χ3v) is 3.75. The second-order valence-corrected chi connectivity index (χ2v) is 4.54. The standard InChI is InChI=1S/C10H7ClOS2/c11-4-8-9(13)3-6(5-12)7-1-2-14-10(7)8/h1-3,5,13H,4H2. The van der Waals surface area contributed by atoms with Crippen LogP contribution >= 0.6 is 35.6 Å². The molecule has 72 valence electrons. The van der Waals surface area contributed by atoms with Crippen LogP contribution in [0, 0.1) is 0 Å². The number of carbonyl (C=O) groups excluding carboxylic acids is 1. The molecule has 0 radical (unpaired) electrons. The molecule has 2 rings (SSSR count). The van der Waals surface area contributed by atoms with E-state index >= 15 is 0 Å². The number of thiophene rings is 1. The number of aldehydes is 1. The van der Waals surface area contributed by atoms with E-state index in [0.29, 0.717) is 11.4 Å². The van der Waals surface area contributed by atoms with Crippen LogP contribution in [0.4, 0.5) is 0 Å². The summed E-state index contributed by atoms with van der Waals surface area (Å²) in [7, 11) is 0. The van der Waals surface area contributed by atoms with Gasteiger partial charge in [0.1, 0.15) is 0 Å². The fourth-order valence-electron chi connectivity index (χ4n) is 1.43. The normalized spacial score (nSPS) is 10.7. The molecule has 0 N–H and O–H groups in total. The van der Waals surface area contributed by atoms with Crippen LogP contribution in [0.2, 0.25) is 0 Å². The number of rotatable bonds is 2. The smallest absolute Gasteiger partial charge is 0.150 e. The molecule has 1 nitrogen and oxygen atoms in total. The largest absolute Gasteiger partial charge is 0.298 e. The minimum atomic E-state index is 0.426. The van der Waals surface area contributed by atoms with Crippen molar-refractivity contribution < 1.29 is 4.79 Å². The quantitative estimate of drug-likeness (QED) is 0.482. The summed E-state index contributed by atoms with van der Waals surface area (Å²) in [5.41, 5.74) is 1.69. The predicted octanol–water partition coefficient (Wildman–Crippen LogP) is 3.74. The highest BCUT2D eigenvalue weighted by Gasteiger charge is 2.09. The SMILES string of the molecule is O=Cc1cc(S)c(CCl)c2sccc12. The summed E-state index contributed by atoms with van der Waals surface area (Å²) < 4.78 is 1.06. The first kappa shape index (κ1) is 10.0. The topological polar surface area (TPSA) is 17.1 Å². The lowest BCUT2D eigenvalue weighted by Gasteiger charge is -2.04. The molecule has 0 aliphatic rings. The molecule has 1 aromatic heterocycles. The molecule has 1 aromatic carbocycles. The van der Waals surface area contributed by atoms with Crippen molar-refractivity contribution in [3.05, 3.63) is 28.6 Å². The first-order chi connectivity index (χ1) is 6.77. The van der Waals surface area contributed by atoms with Gasteiger partial charge in [0.15, 0.2) is 6.29 Å². The van der Waals surface area contributed by atoms with E-state index in [4.69, 9.17) is 11.6 Å². The van der Waals surface area contributed by atoms with Gasteiger partial charge in [0.2, 0.25) is 0 Å². The minimum absolute atomic E-state index is 0.426. The van der Waals surface area contributed by atoms with Crippen LogP contribution in [-0.4, -0.2) is 6.29 Å². The summed E-state index contributed by atoms with van der Waals surface area (Å²) in [6.45, 7) is 0. The Balaban J connectivity index is 2.88. The molecule has 0 fully saturated rings. The van der Waals surface area contributed by atoms with Gasteiger partial charge in [-0.25, -0.2) is 0 Å². The van der Waals surface area contributed by atoms with Gasteiger partial charge in [-0.3, -0.25) is 4.79 Å². The molecule has 0 aliphatic carbocycles. The van der Waals surface area contributed by atoms with Gasteiger partial charge < -0.3 is 0 Å². The van der Waals surface area contributed by atoms with Gasteiger partial charge in [-0.2, -0.15) is 0 Å². The first-order valence-corrected chi connectivity index (χ1v) is 5.87. The lowest BCUT2D eigenvalue weighted by Crippen LogP contribution is -1.87. The van der Waals surface area contributed by atoms with Crippen molar-refractivity contribution in [1.29, 1.82) is 0 Å². The fraction of sp³-hybridized carbons (Fsp3) is 0.100. The molecular weight excluding hydrogens is 236 g/mol. The van der Waals surface area contributed by atoms with E-state index in [0.717, 1.165) is 26.8 Å². The van der Waals surface area contributed by atoms with Gasteiger partial charge in [-0.1, -0.05) is 0 Å². The molecule has 14 heavy (non-hydrogen) atoms. The number of hydrogen-bond donors (Lipinski definition) is 1. The Morgan fingerprint density at radius 1 is 1.57 bits per heavy atom. The summed E-state index contributed by atoms with van der Waals surface area (Å²) >= 11 is 11.7. The highest BCUT2D eigenvalue weighted by atomic mass is 35.5. The molecule has 0 spiro atoms. The van der Waals surface area contributed by atoms with Gasteiger partial charge in [0, 0.05) is 26.4 Å². The molecule has 0 atom stereocenters. The van der Waals surface area contributed by atoms with E-state index in [2.05, 4.69) is 12.6 Å². The minimum Gasteiger partial charge on any atom is -0.298 e. The molecule has 2 aromatic rings. The second-order valence-electron chi connectivity index (χ2n) is 2.88. The first-order valence-electron chi connectivity index (χ1n) is 4.01. The van der Waals surface area contributed by atoms with Crippen LogP contribution in [-0.2, 0) is 5.88 Å². The number of carbonyl (C=O) groups is 1. The molecule has 0 bridgehead atoms. The Kier molecular flexibility index (Phi) is 2.81. The zero-order chi connectivity index (χ0) is 10.1. The van der Waals surface area contributed by atoms with Crippen LogP contribution in [0.25, 0.3) is 10.1 Å². The predicted molar refractivity (Wildman–Crippen MR) is 64.0 cm³/mol. The molecule has 0 amide bonds. The van der Waals surface area contributed by atoms with Crippen molar-refractivity contribution >= 4 is 51.9 Å². The molecule has 0 aliphatic heterocycles. The summed E-state index contributed by atoms with van der Waals surface area (Å²) in [5, 5.41) is 2.93. The van der Waals surface area contributed by atoms with Crippen molar-refractivity contribution in [1.82, 2.24) is 0 Å². The van der Waals surface area contributed by atoms with Gasteiger partial charge in [-0.05, 0) is 23.1 Å². The zero-order valence-corrected chi connectivity index (χ0v) is 9.63. The third-order valence-electron chi connectivity index (χ3n) is 2.11. The fourth-order valence-corrected chi connectivity index (χ4v) is 3.26. The van der Waals surface area contributed by atoms with E-state index in [1.807, 2.05) is 11.4 Å². The van der Waals surface area contributed by atoms with E-state index in [-0.39, 0.29) is 0 Å². The summed E-state index contributed by atoms with van der Waals surface area (Å²) in [4.78, 5) is 11.6. The summed E-state index contributed by atoms with van der Waals surface area (Å²) in [6.07, 6.45) is 0.854. The van der Waals surface area contributed by atoms with E-state index < -0.39 is 0 Å². The van der Waals surface area contributed by atoms with Crippen LogP contribution < -0.4 is 0 Å². The lowest BCUT2D eigenvalue weighted by atomic mass is 10.1. The Bertz CT molecular complexity index is 490. The summed E-state index contributed by atoms with van der Waals surface area (Å²) in [5.74, 6) is 0.426. The van der Waals surface area contributed by atoms with Crippen LogP contribution in [0.3, 0.4) is 0 Å². The van der Waals surface area contributed by atoms with Crippen molar-refractivity contribution in [2.75, 3.05) is 0 Å². The van der Waals surface area contributed by atoms with Gasteiger partial charge in [0.25, 0.3) is 0 Å². The summed E-state index contributed by atoms with van der Waals surface area (Å²) in [6, 6.07) is 3.70. The van der Waals surface area contributed by atoms with Crippen molar-refractivity contribution in [3.8, 4) is 0 Å². The number of halogens is 1. The van der Waals surface area contributed by atoms with Crippen LogP contribution in [0.1, 0.15) is 15.9 Å². The van der Waals surface area contributed by atoms with E-state index in [1.165, 1.54) is 0 Å². The Labute approximate surface area is 96.1 Å². The van der Waals surface area contributed by atoms with Gasteiger partial charge in [-0.15, -0.1) is 35.6 Å². The Hall–Kier alpha value is -0.510. The van der Waals surface area contributed by atoms with E-state index in [1.54, 1.807) is 17.4 Å². The monoisotopic (exact) mass is 242 g/mol. The maximum atomic E-state index is 10.8. The second kappa shape index (κ2) is 3.93. The van der Waals surface area contributed by atoms with E-state index in [9.17, 15) is 4.79 Å². The van der Waals surface area contributed by atoms with Crippen molar-refractivity contribution in [2.24, 2.45) is 0 Å². The number of thiol groups is 1. The Morgan fingerprint density at radius 3 is 3.00 bits per heavy atom. The lowest BCUT2D eigenvalue weighted by molar-refractivity contribution is 0.112. The highest BCUT2D eigenvalue weighted by molar-refractivity contribution is 7.80. The maximum absolute atomic E-state index is 10.8. The number of benzene rings is 1. The number of alkyl halides is 1. The van der Waals surface area contributed by atoms with Crippen LogP contribution in [0.15, 0.2) is 22.4 Å². The Morgan fingerprint density at radius 2 is 2.36 bits per heavy atom. The maximum Gasteiger partial charge on any atom is 0.150 e. The van der Waals surface area contributed by atoms with Crippen LogP contribution in [0.5, 0.6) is 0 Å². The molecule has 0 saturated carbocycles. The van der Waals surface area contributed by atoms with Crippen molar-refractivity contribution in [2.45, 2.75) is 10.8 Å². The average Bonchev–Trinajstić information content (AvgIpc) is 2.65. The average molecular weight is 243 g/mol. The zero-order valence-electron chi connectivity index (χ0n) is 7.16. The molecular formula is C10H7ClOS2. The molecule has 1 heterocycles. The third kappa shape index (κ3) is 1.45. The molecule has 4 heteroatoms. The van der Waals surface area contributed by atoms with Gasteiger partial charge >= 0.3 is 0 Å². The number of hydrogen-bond acceptors (Lipinski definition) is 3. The molecule has 0 unspecified atom stereocenters. The molecule has 0 saturated heterocycles. The van der Waals surface area contributed by atoms with Crippen molar-refractivity contribution in [3.63, 3.8) is 0 Å². The highest BCUT2D eigenvalue weighted by Crippen LogP contribution is 2.32. The number of fused-ring (bicyclic) bond motifs is 1. The van der Waals surface area contributed by atoms with Gasteiger partial charge in [0.05, 0.1) is 0 Å².